The van der Waals surface area contributed by atoms with Gasteiger partial charge in [0.2, 0.25) is 0 Å². The number of nitriles is 1. The van der Waals surface area contributed by atoms with Crippen LogP contribution in [0.2, 0.25) is 0 Å². The summed E-state index contributed by atoms with van der Waals surface area (Å²) in [5, 5.41) is 8.82. The lowest BCUT2D eigenvalue weighted by Gasteiger charge is -2.11. The number of ether oxygens (including phenoxy) is 1. The second-order valence-electron chi connectivity index (χ2n) is 4.43. The van der Waals surface area contributed by atoms with Crippen molar-refractivity contribution in [3.63, 3.8) is 0 Å². The Morgan fingerprint density at radius 1 is 1.14 bits per heavy atom. The van der Waals surface area contributed by atoms with Crippen LogP contribution in [0.25, 0.3) is 0 Å². The Balaban J connectivity index is 2.40. The van der Waals surface area contributed by atoms with Gasteiger partial charge in [-0.3, -0.25) is 0 Å². The lowest BCUT2D eigenvalue weighted by molar-refractivity contribution is 0.390. The van der Waals surface area contributed by atoms with E-state index in [1.807, 2.05) is 6.07 Å². The molecule has 2 aromatic rings. The van der Waals surface area contributed by atoms with E-state index in [2.05, 4.69) is 0 Å². The highest BCUT2D eigenvalue weighted by Crippen LogP contribution is 2.30. The second-order valence-corrected chi connectivity index (χ2v) is 5.97. The number of halogens is 1. The van der Waals surface area contributed by atoms with E-state index < -0.39 is 15.9 Å². The summed E-state index contributed by atoms with van der Waals surface area (Å²) in [5.41, 5.74) is 0.496. The number of rotatable bonds is 4. The summed E-state index contributed by atoms with van der Waals surface area (Å²) < 4.78 is 47.7. The molecule has 0 N–H and O–H groups in total. The Hall–Kier alpha value is -2.59. The van der Waals surface area contributed by atoms with E-state index in [1.165, 1.54) is 38.3 Å². The van der Waals surface area contributed by atoms with Crippen molar-refractivity contribution in [1.82, 2.24) is 0 Å². The second kappa shape index (κ2) is 6.03. The summed E-state index contributed by atoms with van der Waals surface area (Å²) in [6.07, 6.45) is 0. The average Bonchev–Trinajstić information content (AvgIpc) is 2.50. The first kappa shape index (κ1) is 15.8. The zero-order chi connectivity index (χ0) is 16.3. The van der Waals surface area contributed by atoms with E-state index in [0.29, 0.717) is 5.56 Å². The van der Waals surface area contributed by atoms with Gasteiger partial charge in [-0.2, -0.15) is 13.7 Å². The molecule has 0 fully saturated rings. The highest BCUT2D eigenvalue weighted by molar-refractivity contribution is 7.87. The van der Waals surface area contributed by atoms with Gasteiger partial charge in [0.1, 0.15) is 10.7 Å². The maximum Gasteiger partial charge on any atom is 0.339 e. The quantitative estimate of drug-likeness (QED) is 0.809. The van der Waals surface area contributed by atoms with E-state index in [0.717, 1.165) is 12.1 Å². The van der Waals surface area contributed by atoms with Gasteiger partial charge in [-0.25, -0.2) is 4.39 Å². The fourth-order valence-corrected chi connectivity index (χ4v) is 2.77. The van der Waals surface area contributed by atoms with Crippen molar-refractivity contribution < 1.29 is 21.7 Å². The maximum atomic E-state index is 13.2. The van der Waals surface area contributed by atoms with E-state index in [-0.39, 0.29) is 22.0 Å². The van der Waals surface area contributed by atoms with Crippen LogP contribution in [0.1, 0.15) is 11.1 Å². The first-order chi connectivity index (χ1) is 10.4. The molecule has 0 amide bonds. The summed E-state index contributed by atoms with van der Waals surface area (Å²) in [4.78, 5) is -0.169. The van der Waals surface area contributed by atoms with Crippen LogP contribution < -0.4 is 8.92 Å². The van der Waals surface area contributed by atoms with Gasteiger partial charge in [0.15, 0.2) is 11.5 Å². The first-order valence-electron chi connectivity index (χ1n) is 6.16. The molecule has 7 heteroatoms. The SMILES string of the molecule is COc1cc(C#N)ccc1OS(=O)(=O)c1ccc(F)c(C)c1. The fourth-order valence-electron chi connectivity index (χ4n) is 1.74. The van der Waals surface area contributed by atoms with Crippen LogP contribution >= 0.6 is 0 Å². The molecular formula is C15H12FNO4S. The van der Waals surface area contributed by atoms with E-state index in [1.54, 1.807) is 0 Å². The molecule has 0 radical (unpaired) electrons. The number of methoxy groups -OCH3 is 1. The Kier molecular flexibility index (Phi) is 4.33. The Bertz CT molecular complexity index is 856. The van der Waals surface area contributed by atoms with E-state index in [4.69, 9.17) is 14.2 Å². The molecule has 0 unspecified atom stereocenters. The smallest absolute Gasteiger partial charge is 0.339 e. The van der Waals surface area contributed by atoms with Crippen LogP contribution in [0.15, 0.2) is 41.3 Å². The molecule has 114 valence electrons. The number of aryl methyl sites for hydroxylation is 1. The number of hydrogen-bond acceptors (Lipinski definition) is 5. The van der Waals surface area contributed by atoms with Crippen LogP contribution in [-0.2, 0) is 10.1 Å². The van der Waals surface area contributed by atoms with Crippen molar-refractivity contribution in [2.75, 3.05) is 7.11 Å². The molecule has 0 saturated carbocycles. The molecular weight excluding hydrogens is 309 g/mol. The third kappa shape index (κ3) is 3.18. The third-order valence-corrected chi connectivity index (χ3v) is 4.14. The van der Waals surface area contributed by atoms with Gasteiger partial charge in [0, 0.05) is 6.07 Å². The Morgan fingerprint density at radius 2 is 1.86 bits per heavy atom. The molecule has 0 aliphatic heterocycles. The minimum Gasteiger partial charge on any atom is -0.493 e. The van der Waals surface area contributed by atoms with Crippen molar-refractivity contribution in [2.24, 2.45) is 0 Å². The highest BCUT2D eigenvalue weighted by Gasteiger charge is 2.20. The van der Waals surface area contributed by atoms with Gasteiger partial charge in [0.25, 0.3) is 0 Å². The van der Waals surface area contributed by atoms with Crippen molar-refractivity contribution in [3.8, 4) is 17.6 Å². The molecule has 2 aromatic carbocycles. The third-order valence-electron chi connectivity index (χ3n) is 2.91. The summed E-state index contributed by atoms with van der Waals surface area (Å²) in [6.45, 7) is 1.46. The highest BCUT2D eigenvalue weighted by atomic mass is 32.2. The fraction of sp³-hybridized carbons (Fsp3) is 0.133. The molecule has 0 aliphatic rings. The van der Waals surface area contributed by atoms with Gasteiger partial charge in [-0.05, 0) is 42.8 Å². The zero-order valence-electron chi connectivity index (χ0n) is 11.8. The van der Waals surface area contributed by atoms with Gasteiger partial charge in [-0.1, -0.05) is 0 Å². The molecule has 0 bridgehead atoms. The van der Waals surface area contributed by atoms with E-state index >= 15 is 0 Å². The number of nitrogens with zero attached hydrogens (tertiary/aromatic N) is 1. The van der Waals surface area contributed by atoms with Crippen LogP contribution in [0.5, 0.6) is 11.5 Å². The van der Waals surface area contributed by atoms with Gasteiger partial charge in [-0.15, -0.1) is 0 Å². The normalized spacial score (nSPS) is 10.8. The molecule has 0 spiro atoms. The Labute approximate surface area is 127 Å². The minimum atomic E-state index is -4.13. The summed E-state index contributed by atoms with van der Waals surface area (Å²) in [5.74, 6) is -0.445. The van der Waals surface area contributed by atoms with Crippen LogP contribution in [0.4, 0.5) is 4.39 Å². The number of benzene rings is 2. The van der Waals surface area contributed by atoms with Crippen LogP contribution in [0, 0.1) is 24.1 Å². The first-order valence-corrected chi connectivity index (χ1v) is 7.57. The lowest BCUT2D eigenvalue weighted by atomic mass is 10.2. The molecule has 0 saturated heterocycles. The van der Waals surface area contributed by atoms with Crippen LogP contribution in [-0.4, -0.2) is 15.5 Å². The minimum absolute atomic E-state index is 0.0523. The molecule has 0 aromatic heterocycles. The molecule has 22 heavy (non-hydrogen) atoms. The lowest BCUT2D eigenvalue weighted by Crippen LogP contribution is -2.11. The van der Waals surface area contributed by atoms with Gasteiger partial charge in [0.05, 0.1) is 18.7 Å². The van der Waals surface area contributed by atoms with Crippen LogP contribution in [0.3, 0.4) is 0 Å². The summed E-state index contributed by atoms with van der Waals surface area (Å²) in [6, 6.07) is 9.36. The predicted molar refractivity (Wildman–Crippen MR) is 76.7 cm³/mol. The number of hydrogen-bond donors (Lipinski definition) is 0. The predicted octanol–water partition coefficient (Wildman–Crippen LogP) is 2.78. The zero-order valence-corrected chi connectivity index (χ0v) is 12.6. The molecule has 0 aliphatic carbocycles. The van der Waals surface area contributed by atoms with E-state index in [9.17, 15) is 12.8 Å². The van der Waals surface area contributed by atoms with Crippen molar-refractivity contribution in [3.05, 3.63) is 53.3 Å². The monoisotopic (exact) mass is 321 g/mol. The van der Waals surface area contributed by atoms with Crippen molar-refractivity contribution >= 4 is 10.1 Å². The van der Waals surface area contributed by atoms with Crippen molar-refractivity contribution in [1.29, 1.82) is 5.26 Å². The maximum absolute atomic E-state index is 13.2. The topological polar surface area (TPSA) is 76.4 Å². The molecule has 5 nitrogen and oxygen atoms in total. The summed E-state index contributed by atoms with van der Waals surface area (Å²) in [7, 11) is -2.80. The summed E-state index contributed by atoms with van der Waals surface area (Å²) >= 11 is 0. The largest absolute Gasteiger partial charge is 0.493 e. The van der Waals surface area contributed by atoms with Gasteiger partial charge >= 0.3 is 10.1 Å². The molecule has 2 rings (SSSR count). The average molecular weight is 321 g/mol. The Morgan fingerprint density at radius 3 is 2.45 bits per heavy atom. The standard InChI is InChI=1S/C15H12FNO4S/c1-10-7-12(4-5-13(10)16)22(18,19)21-14-6-3-11(9-17)8-15(14)20-2/h3-8H,1-2H3. The van der Waals surface area contributed by atoms with Gasteiger partial charge < -0.3 is 8.92 Å². The van der Waals surface area contributed by atoms with Crippen molar-refractivity contribution in [2.45, 2.75) is 11.8 Å². The molecule has 0 heterocycles. The molecule has 0 atom stereocenters.